The third kappa shape index (κ3) is 8.75. The van der Waals surface area contributed by atoms with Gasteiger partial charge in [-0.1, -0.05) is 44.2 Å². The monoisotopic (exact) mass is 393 g/mol. The summed E-state index contributed by atoms with van der Waals surface area (Å²) in [5, 5.41) is 3.95. The maximum Gasteiger partial charge on any atom is 0.426 e. The summed E-state index contributed by atoms with van der Waals surface area (Å²) >= 11 is 0. The number of methoxy groups -OCH3 is 1. The van der Waals surface area contributed by atoms with Gasteiger partial charge in [0, 0.05) is 6.54 Å². The molecule has 1 unspecified atom stereocenters. The molecule has 8 heteroatoms. The van der Waals surface area contributed by atoms with E-state index in [4.69, 9.17) is 9.47 Å². The zero-order valence-electron chi connectivity index (χ0n) is 17.4. The van der Waals surface area contributed by atoms with Crippen molar-refractivity contribution >= 4 is 18.1 Å². The van der Waals surface area contributed by atoms with Gasteiger partial charge in [-0.05, 0) is 32.3 Å². The molecule has 1 atom stereocenters. The topological polar surface area (TPSA) is 97.0 Å². The highest BCUT2D eigenvalue weighted by Gasteiger charge is 2.25. The molecular weight excluding hydrogens is 362 g/mol. The molecule has 2 N–H and O–H groups in total. The summed E-state index contributed by atoms with van der Waals surface area (Å²) in [6.07, 6.45) is -0.763. The summed E-state index contributed by atoms with van der Waals surface area (Å²) in [6.45, 7) is 9.31. The van der Waals surface area contributed by atoms with Crippen molar-refractivity contribution in [3.63, 3.8) is 0 Å². The first-order chi connectivity index (χ1) is 13.0. The Morgan fingerprint density at radius 1 is 1.11 bits per heavy atom. The summed E-state index contributed by atoms with van der Waals surface area (Å²) < 4.78 is 9.96. The van der Waals surface area contributed by atoms with Crippen LogP contribution in [0, 0.1) is 5.92 Å². The third-order valence-corrected chi connectivity index (χ3v) is 3.52. The number of hydrogen-bond acceptors (Lipinski definition) is 5. The molecule has 0 fully saturated rings. The van der Waals surface area contributed by atoms with Gasteiger partial charge in [0.05, 0.1) is 19.6 Å². The number of ether oxygens (including phenoxy) is 2. The summed E-state index contributed by atoms with van der Waals surface area (Å²) in [5.74, 6) is -0.360. The van der Waals surface area contributed by atoms with E-state index in [0.29, 0.717) is 0 Å². The van der Waals surface area contributed by atoms with Crippen LogP contribution in [0.5, 0.6) is 0 Å². The van der Waals surface area contributed by atoms with Gasteiger partial charge in [-0.25, -0.2) is 20.0 Å². The number of nitrogens with zero attached hydrogens (tertiary/aromatic N) is 1. The zero-order chi connectivity index (χ0) is 21.3. The van der Waals surface area contributed by atoms with E-state index in [9.17, 15) is 14.4 Å². The maximum atomic E-state index is 12.8. The molecule has 3 amide bonds. The molecule has 0 saturated carbocycles. The molecule has 1 aromatic carbocycles. The second-order valence-corrected chi connectivity index (χ2v) is 7.81. The Bertz CT molecular complexity index is 656. The lowest BCUT2D eigenvalue weighted by atomic mass is 10.0. The van der Waals surface area contributed by atoms with Crippen molar-refractivity contribution in [3.05, 3.63) is 35.9 Å². The van der Waals surface area contributed by atoms with Crippen LogP contribution in [0.25, 0.3) is 0 Å². The summed E-state index contributed by atoms with van der Waals surface area (Å²) in [4.78, 5) is 36.7. The average Bonchev–Trinajstić information content (AvgIpc) is 2.59. The normalized spacial score (nSPS) is 12.1. The molecule has 1 aromatic rings. The van der Waals surface area contributed by atoms with Gasteiger partial charge < -0.3 is 14.8 Å². The van der Waals surface area contributed by atoms with E-state index < -0.39 is 29.7 Å². The van der Waals surface area contributed by atoms with Gasteiger partial charge in [0.25, 0.3) is 0 Å². The zero-order valence-corrected chi connectivity index (χ0v) is 17.4. The van der Waals surface area contributed by atoms with Gasteiger partial charge in [-0.15, -0.1) is 0 Å². The van der Waals surface area contributed by atoms with Crippen molar-refractivity contribution in [1.29, 1.82) is 0 Å². The molecule has 0 aliphatic heterocycles. The Kier molecular flexibility index (Phi) is 8.76. The number of urea groups is 1. The standard InChI is InChI=1S/C20H31N3O5/c1-14(2)13-23(22-19(26)28-20(3,4)5)18(25)21-16(12-17(24)27-6)15-10-8-7-9-11-15/h7-11,14,16H,12-13H2,1-6H3,(H,21,25)(H,22,26). The quantitative estimate of drug-likeness (QED) is 0.570. The van der Waals surface area contributed by atoms with Crippen LogP contribution in [0.1, 0.15) is 52.6 Å². The van der Waals surface area contributed by atoms with Gasteiger partial charge in [0.1, 0.15) is 5.60 Å². The lowest BCUT2D eigenvalue weighted by molar-refractivity contribution is -0.141. The van der Waals surface area contributed by atoms with Crippen LogP contribution in [0.2, 0.25) is 0 Å². The van der Waals surface area contributed by atoms with E-state index in [1.54, 1.807) is 20.8 Å². The number of carbonyl (C=O) groups excluding carboxylic acids is 3. The molecule has 0 aromatic heterocycles. The smallest absolute Gasteiger partial charge is 0.426 e. The number of hydrogen-bond donors (Lipinski definition) is 2. The molecule has 0 saturated heterocycles. The number of hydrazine groups is 1. The molecule has 0 heterocycles. The lowest BCUT2D eigenvalue weighted by Gasteiger charge is -2.29. The molecule has 0 aliphatic rings. The molecular formula is C20H31N3O5. The minimum atomic E-state index is -0.729. The van der Waals surface area contributed by atoms with Gasteiger partial charge in [0.15, 0.2) is 0 Å². The van der Waals surface area contributed by atoms with Crippen LogP contribution in [0.15, 0.2) is 30.3 Å². The summed E-state index contributed by atoms with van der Waals surface area (Å²) in [7, 11) is 1.29. The minimum absolute atomic E-state index is 0.0335. The Labute approximate surface area is 166 Å². The Hall–Kier alpha value is -2.77. The minimum Gasteiger partial charge on any atom is -0.469 e. The van der Waals surface area contributed by atoms with Gasteiger partial charge in [-0.3, -0.25) is 4.79 Å². The predicted octanol–water partition coefficient (Wildman–Crippen LogP) is 3.40. The van der Waals surface area contributed by atoms with Gasteiger partial charge in [0.2, 0.25) is 0 Å². The van der Waals surface area contributed by atoms with Crippen LogP contribution in [-0.4, -0.2) is 42.4 Å². The average molecular weight is 393 g/mol. The summed E-state index contributed by atoms with van der Waals surface area (Å²) in [6, 6.07) is 7.95. The maximum absolute atomic E-state index is 12.8. The first-order valence-electron chi connectivity index (χ1n) is 9.21. The fraction of sp³-hybridized carbons (Fsp3) is 0.550. The SMILES string of the molecule is COC(=O)CC(NC(=O)N(CC(C)C)NC(=O)OC(C)(C)C)c1ccccc1. The van der Waals surface area contributed by atoms with Crippen molar-refractivity contribution in [1.82, 2.24) is 15.8 Å². The molecule has 8 nitrogen and oxygen atoms in total. The molecule has 0 radical (unpaired) electrons. The number of carbonyl (C=O) groups is 3. The number of amides is 3. The van der Waals surface area contributed by atoms with E-state index >= 15 is 0 Å². The second kappa shape index (κ2) is 10.5. The van der Waals surface area contributed by atoms with E-state index in [1.807, 2.05) is 44.2 Å². The van der Waals surface area contributed by atoms with Crippen molar-refractivity contribution in [2.45, 2.75) is 52.7 Å². The first kappa shape index (κ1) is 23.3. The predicted molar refractivity (Wildman–Crippen MR) is 105 cm³/mol. The van der Waals surface area contributed by atoms with E-state index in [1.165, 1.54) is 7.11 Å². The fourth-order valence-electron chi connectivity index (χ4n) is 2.37. The van der Waals surface area contributed by atoms with Crippen molar-refractivity contribution in [3.8, 4) is 0 Å². The Morgan fingerprint density at radius 3 is 2.21 bits per heavy atom. The largest absolute Gasteiger partial charge is 0.469 e. The van der Waals surface area contributed by atoms with E-state index in [0.717, 1.165) is 10.6 Å². The molecule has 156 valence electrons. The molecule has 0 spiro atoms. The number of esters is 1. The van der Waals surface area contributed by atoms with Crippen LogP contribution < -0.4 is 10.7 Å². The third-order valence-electron chi connectivity index (χ3n) is 3.52. The Morgan fingerprint density at radius 2 is 1.71 bits per heavy atom. The highest BCUT2D eigenvalue weighted by Crippen LogP contribution is 2.18. The summed E-state index contributed by atoms with van der Waals surface area (Å²) in [5.41, 5.74) is 2.53. The Balaban J connectivity index is 2.94. The molecule has 1 rings (SSSR count). The first-order valence-corrected chi connectivity index (χ1v) is 9.21. The van der Waals surface area contributed by atoms with Crippen LogP contribution in [-0.2, 0) is 14.3 Å². The van der Waals surface area contributed by atoms with Gasteiger partial charge in [-0.2, -0.15) is 0 Å². The van der Waals surface area contributed by atoms with Crippen LogP contribution in [0.3, 0.4) is 0 Å². The van der Waals surface area contributed by atoms with Crippen molar-refractivity contribution < 1.29 is 23.9 Å². The fourth-order valence-corrected chi connectivity index (χ4v) is 2.37. The lowest BCUT2D eigenvalue weighted by Crippen LogP contribution is -2.53. The van der Waals surface area contributed by atoms with Gasteiger partial charge >= 0.3 is 18.1 Å². The second-order valence-electron chi connectivity index (χ2n) is 7.81. The number of benzene rings is 1. The molecule has 0 bridgehead atoms. The van der Waals surface area contributed by atoms with E-state index in [-0.39, 0.29) is 18.9 Å². The van der Waals surface area contributed by atoms with Crippen LogP contribution in [0.4, 0.5) is 9.59 Å². The van der Waals surface area contributed by atoms with Crippen molar-refractivity contribution in [2.75, 3.05) is 13.7 Å². The number of rotatable bonds is 6. The molecule has 0 aliphatic carbocycles. The highest BCUT2D eigenvalue weighted by atomic mass is 16.6. The van der Waals surface area contributed by atoms with Crippen molar-refractivity contribution in [2.24, 2.45) is 5.92 Å². The highest BCUT2D eigenvalue weighted by molar-refractivity contribution is 5.79. The van der Waals surface area contributed by atoms with E-state index in [2.05, 4.69) is 10.7 Å². The molecule has 28 heavy (non-hydrogen) atoms. The van der Waals surface area contributed by atoms with Crippen LogP contribution >= 0.6 is 0 Å². The number of nitrogens with one attached hydrogen (secondary N) is 2.